The minimum atomic E-state index is -0.850. The summed E-state index contributed by atoms with van der Waals surface area (Å²) >= 11 is 0. The average molecular weight is 303 g/mol. The Morgan fingerprint density at radius 2 is 1.95 bits per heavy atom. The first kappa shape index (κ1) is 17.7. The van der Waals surface area contributed by atoms with Gasteiger partial charge >= 0.3 is 12.0 Å². The van der Waals surface area contributed by atoms with E-state index >= 15 is 0 Å². The Balaban J connectivity index is 2.53. The van der Waals surface area contributed by atoms with E-state index in [4.69, 9.17) is 14.9 Å². The summed E-state index contributed by atoms with van der Waals surface area (Å²) in [5.41, 5.74) is 0. The monoisotopic (exact) mass is 303 g/mol. The Kier molecular flexibility index (Phi) is 8.03. The lowest BCUT2D eigenvalue weighted by atomic mass is 10.4. The van der Waals surface area contributed by atoms with Crippen LogP contribution in [0.5, 0.6) is 0 Å². The number of carboxylic acids is 1. The van der Waals surface area contributed by atoms with Gasteiger partial charge in [0.25, 0.3) is 0 Å². The van der Waals surface area contributed by atoms with E-state index in [9.17, 15) is 9.59 Å². The second-order valence-corrected chi connectivity index (χ2v) is 5.00. The fraction of sp³-hybridized carbons (Fsp3) is 0.846. The molecule has 21 heavy (non-hydrogen) atoms. The quantitative estimate of drug-likeness (QED) is 0.636. The summed E-state index contributed by atoms with van der Waals surface area (Å²) < 4.78 is 4.97. The number of aliphatic carboxylic acids is 1. The number of methoxy groups -OCH3 is 1. The van der Waals surface area contributed by atoms with Crippen LogP contribution in [0.15, 0.2) is 0 Å². The Bertz CT molecular complexity index is 340. The number of rotatable bonds is 7. The van der Waals surface area contributed by atoms with Crippen LogP contribution in [0.1, 0.15) is 6.42 Å². The van der Waals surface area contributed by atoms with E-state index in [2.05, 4.69) is 0 Å². The maximum atomic E-state index is 12.4. The number of ether oxygens (including phenoxy) is 1. The Labute approximate surface area is 124 Å². The molecule has 1 heterocycles. The third-order valence-electron chi connectivity index (χ3n) is 3.42. The summed E-state index contributed by atoms with van der Waals surface area (Å²) in [6.45, 7) is 3.38. The van der Waals surface area contributed by atoms with E-state index in [0.29, 0.717) is 39.3 Å². The Morgan fingerprint density at radius 1 is 1.19 bits per heavy atom. The molecule has 0 radical (unpaired) electrons. The van der Waals surface area contributed by atoms with Gasteiger partial charge in [0.1, 0.15) is 0 Å². The van der Waals surface area contributed by atoms with E-state index in [1.54, 1.807) is 16.9 Å². The minimum absolute atomic E-state index is 0.00601. The molecule has 1 aliphatic heterocycles. The zero-order valence-corrected chi connectivity index (χ0v) is 12.5. The second-order valence-electron chi connectivity index (χ2n) is 5.00. The predicted molar refractivity (Wildman–Crippen MR) is 76.2 cm³/mol. The van der Waals surface area contributed by atoms with E-state index in [1.165, 1.54) is 0 Å². The second kappa shape index (κ2) is 9.54. The predicted octanol–water partition coefficient (Wildman–Crippen LogP) is -0.861. The molecule has 1 aliphatic rings. The first-order valence-corrected chi connectivity index (χ1v) is 7.16. The fourth-order valence-corrected chi connectivity index (χ4v) is 2.34. The Morgan fingerprint density at radius 3 is 2.57 bits per heavy atom. The molecule has 0 atom stereocenters. The maximum absolute atomic E-state index is 12.4. The summed E-state index contributed by atoms with van der Waals surface area (Å²) in [4.78, 5) is 28.3. The van der Waals surface area contributed by atoms with Crippen molar-refractivity contribution in [1.29, 1.82) is 0 Å². The standard InChI is InChI=1S/C13H25N3O5/c1-21-10-8-16(7-9-17)13(20)15-4-2-3-14(5-6-15)11-12(18)19/h17H,2-11H2,1H3,(H,18,19). The van der Waals surface area contributed by atoms with Crippen LogP contribution in [-0.2, 0) is 9.53 Å². The van der Waals surface area contributed by atoms with E-state index < -0.39 is 5.97 Å². The van der Waals surface area contributed by atoms with Crippen molar-refractivity contribution in [2.24, 2.45) is 0 Å². The van der Waals surface area contributed by atoms with Crippen LogP contribution >= 0.6 is 0 Å². The lowest BCUT2D eigenvalue weighted by Crippen LogP contribution is -2.47. The number of carbonyl (C=O) groups is 2. The molecule has 0 aliphatic carbocycles. The first-order chi connectivity index (χ1) is 10.1. The summed E-state index contributed by atoms with van der Waals surface area (Å²) in [5, 5.41) is 17.9. The highest BCUT2D eigenvalue weighted by Gasteiger charge is 2.23. The number of carbonyl (C=O) groups excluding carboxylic acids is 1. The van der Waals surface area contributed by atoms with E-state index in [-0.39, 0.29) is 25.7 Å². The topological polar surface area (TPSA) is 93.6 Å². The van der Waals surface area contributed by atoms with Gasteiger partial charge in [-0.05, 0) is 6.42 Å². The molecule has 0 bridgehead atoms. The van der Waals surface area contributed by atoms with E-state index in [1.807, 2.05) is 4.90 Å². The van der Waals surface area contributed by atoms with Gasteiger partial charge in [-0.2, -0.15) is 0 Å². The summed E-state index contributed by atoms with van der Waals surface area (Å²) in [5.74, 6) is -0.850. The maximum Gasteiger partial charge on any atom is 0.320 e. The van der Waals surface area contributed by atoms with E-state index in [0.717, 1.165) is 6.42 Å². The van der Waals surface area contributed by atoms with Gasteiger partial charge < -0.3 is 24.7 Å². The zero-order valence-electron chi connectivity index (χ0n) is 12.5. The summed E-state index contributed by atoms with van der Waals surface area (Å²) in [6.07, 6.45) is 0.746. The van der Waals surface area contributed by atoms with Crippen LogP contribution in [0.25, 0.3) is 0 Å². The van der Waals surface area contributed by atoms with Crippen LogP contribution in [0, 0.1) is 0 Å². The fourth-order valence-electron chi connectivity index (χ4n) is 2.34. The van der Waals surface area contributed by atoms with Crippen LogP contribution < -0.4 is 0 Å². The zero-order chi connectivity index (χ0) is 15.7. The molecule has 0 saturated carbocycles. The third kappa shape index (κ3) is 6.28. The number of amides is 2. The summed E-state index contributed by atoms with van der Waals surface area (Å²) in [7, 11) is 1.57. The van der Waals surface area contributed by atoms with Gasteiger partial charge in [-0.25, -0.2) is 4.79 Å². The summed E-state index contributed by atoms with van der Waals surface area (Å²) in [6, 6.07) is -0.127. The number of nitrogens with zero attached hydrogens (tertiary/aromatic N) is 3. The molecule has 1 rings (SSSR count). The largest absolute Gasteiger partial charge is 0.480 e. The normalized spacial score (nSPS) is 16.6. The molecule has 0 aromatic carbocycles. The van der Waals surface area contributed by atoms with Crippen LogP contribution in [0.2, 0.25) is 0 Å². The molecular weight excluding hydrogens is 278 g/mol. The molecular formula is C13H25N3O5. The van der Waals surface area contributed by atoms with Crippen molar-refractivity contribution >= 4 is 12.0 Å². The van der Waals surface area contributed by atoms with Crippen LogP contribution in [-0.4, -0.2) is 103 Å². The Hall–Kier alpha value is -1.38. The molecule has 0 aromatic heterocycles. The number of hydrogen-bond donors (Lipinski definition) is 2. The van der Waals surface area contributed by atoms with Crippen molar-refractivity contribution in [3.8, 4) is 0 Å². The smallest absolute Gasteiger partial charge is 0.320 e. The van der Waals surface area contributed by atoms with Gasteiger partial charge in [0.05, 0.1) is 19.8 Å². The highest BCUT2D eigenvalue weighted by Crippen LogP contribution is 2.07. The SMILES string of the molecule is COCCN(CCO)C(=O)N1CCCN(CC(=O)O)CC1. The van der Waals surface area contributed by atoms with Gasteiger partial charge in [-0.15, -0.1) is 0 Å². The van der Waals surface area contributed by atoms with Crippen molar-refractivity contribution in [2.45, 2.75) is 6.42 Å². The third-order valence-corrected chi connectivity index (χ3v) is 3.42. The molecule has 2 amide bonds. The van der Waals surface area contributed by atoms with Crippen molar-refractivity contribution in [1.82, 2.24) is 14.7 Å². The van der Waals surface area contributed by atoms with Crippen LogP contribution in [0.3, 0.4) is 0 Å². The lowest BCUT2D eigenvalue weighted by molar-refractivity contribution is -0.138. The first-order valence-electron chi connectivity index (χ1n) is 7.16. The van der Waals surface area contributed by atoms with Crippen molar-refractivity contribution in [3.05, 3.63) is 0 Å². The minimum Gasteiger partial charge on any atom is -0.480 e. The molecule has 0 spiro atoms. The molecule has 122 valence electrons. The number of hydrogen-bond acceptors (Lipinski definition) is 5. The molecule has 8 nitrogen and oxygen atoms in total. The molecule has 8 heteroatoms. The number of urea groups is 1. The van der Waals surface area contributed by atoms with Crippen molar-refractivity contribution in [3.63, 3.8) is 0 Å². The molecule has 1 saturated heterocycles. The molecule has 0 aromatic rings. The van der Waals surface area contributed by atoms with Gasteiger partial charge in [0, 0.05) is 46.4 Å². The molecule has 0 unspecified atom stereocenters. The molecule has 1 fully saturated rings. The molecule has 2 N–H and O–H groups in total. The number of aliphatic hydroxyl groups is 1. The van der Waals surface area contributed by atoms with Gasteiger partial charge in [-0.3, -0.25) is 9.69 Å². The highest BCUT2D eigenvalue weighted by atomic mass is 16.5. The van der Waals surface area contributed by atoms with Crippen molar-refractivity contribution in [2.75, 3.05) is 66.1 Å². The van der Waals surface area contributed by atoms with Gasteiger partial charge in [0.2, 0.25) is 0 Å². The average Bonchev–Trinajstić information content (AvgIpc) is 2.67. The number of aliphatic hydroxyl groups excluding tert-OH is 1. The van der Waals surface area contributed by atoms with Gasteiger partial charge in [0.15, 0.2) is 0 Å². The number of carboxylic acid groups (broad SMARTS) is 1. The lowest BCUT2D eigenvalue weighted by Gasteiger charge is -2.29. The highest BCUT2D eigenvalue weighted by molar-refractivity contribution is 5.74. The van der Waals surface area contributed by atoms with Crippen molar-refractivity contribution < 1.29 is 24.5 Å². The van der Waals surface area contributed by atoms with Crippen LogP contribution in [0.4, 0.5) is 4.79 Å². The van der Waals surface area contributed by atoms with Gasteiger partial charge in [-0.1, -0.05) is 0 Å².